The highest BCUT2D eigenvalue weighted by Crippen LogP contribution is 2.28. The fourth-order valence-corrected chi connectivity index (χ4v) is 2.73. The van der Waals surface area contributed by atoms with Crippen molar-refractivity contribution >= 4 is 33.0 Å². The minimum absolute atomic E-state index is 0.547. The van der Waals surface area contributed by atoms with Crippen molar-refractivity contribution in [2.75, 3.05) is 5.32 Å². The van der Waals surface area contributed by atoms with Gasteiger partial charge in [-0.15, -0.1) is 11.3 Å². The maximum atomic E-state index is 12.3. The predicted octanol–water partition coefficient (Wildman–Crippen LogP) is 4.54. The average molecular weight is 337 g/mol. The van der Waals surface area contributed by atoms with E-state index in [0.29, 0.717) is 12.2 Å². The van der Waals surface area contributed by atoms with Crippen LogP contribution in [0.2, 0.25) is 0 Å². The van der Waals surface area contributed by atoms with Crippen molar-refractivity contribution in [1.82, 2.24) is 4.98 Å². The molecule has 0 spiro atoms. The predicted molar refractivity (Wildman–Crippen MR) is 68.6 cm³/mol. The van der Waals surface area contributed by atoms with Gasteiger partial charge in [0.05, 0.1) is 18.4 Å². The Morgan fingerprint density at radius 3 is 2.56 bits per heavy atom. The molecule has 0 bridgehead atoms. The largest absolute Gasteiger partial charge is 0.433 e. The van der Waals surface area contributed by atoms with E-state index in [-0.39, 0.29) is 0 Å². The molecular formula is C11H8BrF3N2S. The SMILES string of the molecule is FC(F)(F)c1ccc(NCc2sccc2Br)cn1. The van der Waals surface area contributed by atoms with Gasteiger partial charge < -0.3 is 5.32 Å². The summed E-state index contributed by atoms with van der Waals surface area (Å²) in [6.45, 7) is 0.547. The molecule has 0 unspecified atom stereocenters. The first-order chi connectivity index (χ1) is 8.47. The van der Waals surface area contributed by atoms with Crippen LogP contribution in [-0.4, -0.2) is 4.98 Å². The van der Waals surface area contributed by atoms with Crippen LogP contribution in [0.15, 0.2) is 34.2 Å². The molecule has 2 aromatic heterocycles. The Hall–Kier alpha value is -1.08. The Bertz CT molecular complexity index is 522. The number of alkyl halides is 3. The molecule has 0 saturated heterocycles. The molecule has 0 aliphatic heterocycles. The molecule has 0 atom stereocenters. The number of nitrogens with zero attached hydrogens (tertiary/aromatic N) is 1. The van der Waals surface area contributed by atoms with Gasteiger partial charge in [0, 0.05) is 9.35 Å². The van der Waals surface area contributed by atoms with E-state index >= 15 is 0 Å². The molecular weight excluding hydrogens is 329 g/mol. The molecule has 2 rings (SSSR count). The number of nitrogens with one attached hydrogen (secondary N) is 1. The number of hydrogen-bond donors (Lipinski definition) is 1. The number of hydrogen-bond acceptors (Lipinski definition) is 3. The Morgan fingerprint density at radius 1 is 1.28 bits per heavy atom. The van der Waals surface area contributed by atoms with Crippen LogP contribution in [0.4, 0.5) is 18.9 Å². The van der Waals surface area contributed by atoms with Crippen LogP contribution in [0.25, 0.3) is 0 Å². The van der Waals surface area contributed by atoms with Gasteiger partial charge in [-0.1, -0.05) is 0 Å². The van der Waals surface area contributed by atoms with Crippen molar-refractivity contribution in [2.24, 2.45) is 0 Å². The zero-order valence-corrected chi connectivity index (χ0v) is 11.4. The van der Waals surface area contributed by atoms with Crippen molar-refractivity contribution in [2.45, 2.75) is 12.7 Å². The van der Waals surface area contributed by atoms with Crippen LogP contribution in [-0.2, 0) is 12.7 Å². The van der Waals surface area contributed by atoms with Crippen molar-refractivity contribution in [3.63, 3.8) is 0 Å². The standard InChI is InChI=1S/C11H8BrF3N2S/c12-8-3-4-18-9(8)6-16-7-1-2-10(17-5-7)11(13,14)15/h1-5,16H,6H2. The fraction of sp³-hybridized carbons (Fsp3) is 0.182. The Labute approximate surface area is 114 Å². The molecule has 0 saturated carbocycles. The van der Waals surface area contributed by atoms with Gasteiger partial charge in [-0.05, 0) is 39.5 Å². The smallest absolute Gasteiger partial charge is 0.379 e. The first kappa shape index (κ1) is 13.4. The molecule has 0 aliphatic rings. The summed E-state index contributed by atoms with van der Waals surface area (Å²) in [5.41, 5.74) is -0.325. The number of aromatic nitrogens is 1. The zero-order chi connectivity index (χ0) is 13.2. The third-order valence-electron chi connectivity index (χ3n) is 2.20. The van der Waals surface area contributed by atoms with E-state index in [2.05, 4.69) is 26.2 Å². The third kappa shape index (κ3) is 3.23. The second-order valence-corrected chi connectivity index (χ2v) is 5.33. The lowest BCUT2D eigenvalue weighted by Gasteiger charge is -2.08. The van der Waals surface area contributed by atoms with E-state index in [9.17, 15) is 13.2 Å². The molecule has 7 heteroatoms. The zero-order valence-electron chi connectivity index (χ0n) is 8.96. The molecule has 0 radical (unpaired) electrons. The van der Waals surface area contributed by atoms with Gasteiger partial charge in [0.1, 0.15) is 5.69 Å². The monoisotopic (exact) mass is 336 g/mol. The van der Waals surface area contributed by atoms with Gasteiger partial charge in [0.2, 0.25) is 0 Å². The number of halogens is 4. The topological polar surface area (TPSA) is 24.9 Å². The van der Waals surface area contributed by atoms with Gasteiger partial charge in [0.25, 0.3) is 0 Å². The Kier molecular flexibility index (Phi) is 3.91. The lowest BCUT2D eigenvalue weighted by Crippen LogP contribution is -2.08. The quantitative estimate of drug-likeness (QED) is 0.890. The van der Waals surface area contributed by atoms with Crippen LogP contribution in [0, 0.1) is 0 Å². The molecule has 2 heterocycles. The Balaban J connectivity index is 2.01. The highest BCUT2D eigenvalue weighted by Gasteiger charge is 2.31. The van der Waals surface area contributed by atoms with Gasteiger partial charge >= 0.3 is 6.18 Å². The number of rotatable bonds is 3. The lowest BCUT2D eigenvalue weighted by atomic mass is 10.3. The highest BCUT2D eigenvalue weighted by atomic mass is 79.9. The number of thiophene rings is 1. The van der Waals surface area contributed by atoms with E-state index in [0.717, 1.165) is 15.4 Å². The minimum Gasteiger partial charge on any atom is -0.379 e. The molecule has 0 aliphatic carbocycles. The summed E-state index contributed by atoms with van der Waals surface area (Å²) >= 11 is 4.95. The first-order valence-corrected chi connectivity index (χ1v) is 6.63. The summed E-state index contributed by atoms with van der Waals surface area (Å²) < 4.78 is 37.9. The van der Waals surface area contributed by atoms with Crippen molar-refractivity contribution < 1.29 is 13.2 Å². The van der Waals surface area contributed by atoms with Crippen LogP contribution in [0.5, 0.6) is 0 Å². The average Bonchev–Trinajstić information content (AvgIpc) is 2.72. The molecule has 96 valence electrons. The second-order valence-electron chi connectivity index (χ2n) is 3.48. The van der Waals surface area contributed by atoms with Crippen LogP contribution in [0.1, 0.15) is 10.6 Å². The molecule has 0 amide bonds. The Morgan fingerprint density at radius 2 is 2.06 bits per heavy atom. The van der Waals surface area contributed by atoms with E-state index < -0.39 is 11.9 Å². The molecule has 2 nitrogen and oxygen atoms in total. The molecule has 1 N–H and O–H groups in total. The first-order valence-electron chi connectivity index (χ1n) is 4.96. The molecule has 2 aromatic rings. The van der Waals surface area contributed by atoms with Crippen molar-refractivity contribution in [1.29, 1.82) is 0 Å². The van der Waals surface area contributed by atoms with Crippen molar-refractivity contribution in [3.8, 4) is 0 Å². The maximum Gasteiger partial charge on any atom is 0.433 e. The number of pyridine rings is 1. The second kappa shape index (κ2) is 5.27. The molecule has 0 aromatic carbocycles. The van der Waals surface area contributed by atoms with Crippen molar-refractivity contribution in [3.05, 3.63) is 44.8 Å². The van der Waals surface area contributed by atoms with Gasteiger partial charge in [-0.3, -0.25) is 0 Å². The fourth-order valence-electron chi connectivity index (χ4n) is 1.30. The highest BCUT2D eigenvalue weighted by molar-refractivity contribution is 9.10. The van der Waals surface area contributed by atoms with E-state index in [1.165, 1.54) is 12.3 Å². The lowest BCUT2D eigenvalue weighted by molar-refractivity contribution is -0.141. The van der Waals surface area contributed by atoms with Crippen LogP contribution in [0.3, 0.4) is 0 Å². The van der Waals surface area contributed by atoms with Gasteiger partial charge in [-0.2, -0.15) is 13.2 Å². The molecule has 0 fully saturated rings. The van der Waals surface area contributed by atoms with Gasteiger partial charge in [-0.25, -0.2) is 4.98 Å². The minimum atomic E-state index is -4.39. The van der Waals surface area contributed by atoms with E-state index in [1.54, 1.807) is 11.3 Å². The van der Waals surface area contributed by atoms with Crippen LogP contribution < -0.4 is 5.32 Å². The summed E-state index contributed by atoms with van der Waals surface area (Å²) in [5.74, 6) is 0. The summed E-state index contributed by atoms with van der Waals surface area (Å²) in [5, 5.41) is 4.95. The van der Waals surface area contributed by atoms with Crippen LogP contribution >= 0.6 is 27.3 Å². The molecule has 18 heavy (non-hydrogen) atoms. The van der Waals surface area contributed by atoms with E-state index in [1.807, 2.05) is 11.4 Å². The number of anilines is 1. The summed E-state index contributed by atoms with van der Waals surface area (Å²) in [4.78, 5) is 4.46. The summed E-state index contributed by atoms with van der Waals surface area (Å²) in [6, 6.07) is 4.26. The summed E-state index contributed by atoms with van der Waals surface area (Å²) in [6.07, 6.45) is -3.21. The maximum absolute atomic E-state index is 12.3. The third-order valence-corrected chi connectivity index (χ3v) is 4.12. The van der Waals surface area contributed by atoms with Gasteiger partial charge in [0.15, 0.2) is 0 Å². The normalized spacial score (nSPS) is 11.6. The summed E-state index contributed by atoms with van der Waals surface area (Å²) in [7, 11) is 0. The van der Waals surface area contributed by atoms with E-state index in [4.69, 9.17) is 0 Å².